The summed E-state index contributed by atoms with van der Waals surface area (Å²) in [5.41, 5.74) is 1.11. The fourth-order valence-electron chi connectivity index (χ4n) is 3.87. The fraction of sp³-hybridized carbons (Fsp3) is 0.364. The first-order valence-corrected chi connectivity index (χ1v) is 11.6. The summed E-state index contributed by atoms with van der Waals surface area (Å²) in [7, 11) is -3.98. The van der Waals surface area contributed by atoms with Crippen LogP contribution >= 0.6 is 0 Å². The number of sulfonamides is 1. The molecule has 2 aromatic rings. The first-order chi connectivity index (χ1) is 14.8. The Bertz CT molecular complexity index is 1160. The summed E-state index contributed by atoms with van der Waals surface area (Å²) < 4.78 is 37.9. The van der Waals surface area contributed by atoms with E-state index < -0.39 is 22.0 Å². The van der Waals surface area contributed by atoms with Gasteiger partial charge in [-0.2, -0.15) is 0 Å². The van der Waals surface area contributed by atoms with Crippen molar-refractivity contribution in [1.29, 1.82) is 0 Å². The van der Waals surface area contributed by atoms with E-state index in [0.717, 1.165) is 9.87 Å². The molecule has 2 heterocycles. The number of para-hydroxylation sites is 1. The molecule has 0 fully saturated rings. The van der Waals surface area contributed by atoms with Gasteiger partial charge in [-0.25, -0.2) is 12.7 Å². The number of carbonyl (C=O) groups is 2. The van der Waals surface area contributed by atoms with Crippen LogP contribution in [-0.2, 0) is 16.6 Å². The van der Waals surface area contributed by atoms with Crippen LogP contribution in [0.25, 0.3) is 0 Å². The predicted octanol–water partition coefficient (Wildman–Crippen LogP) is 2.67. The molecule has 0 spiro atoms. The van der Waals surface area contributed by atoms with Crippen LogP contribution < -0.4 is 9.47 Å². The first-order valence-electron chi connectivity index (χ1n) is 10.1. The Morgan fingerprint density at radius 1 is 1.16 bits per heavy atom. The van der Waals surface area contributed by atoms with Crippen molar-refractivity contribution < 1.29 is 27.5 Å². The second-order valence-electron chi connectivity index (χ2n) is 7.67. The number of carbonyl (C=O) groups excluding carboxylic acids is 2. The minimum atomic E-state index is -3.98. The zero-order chi connectivity index (χ0) is 22.3. The molecule has 0 N–H and O–H groups in total. The second-order valence-corrected chi connectivity index (χ2v) is 9.45. The molecule has 0 radical (unpaired) electrons. The molecule has 0 bridgehead atoms. The summed E-state index contributed by atoms with van der Waals surface area (Å²) >= 11 is 0. The Morgan fingerprint density at radius 2 is 1.90 bits per heavy atom. The van der Waals surface area contributed by atoms with Crippen LogP contribution in [0.15, 0.2) is 41.3 Å². The van der Waals surface area contributed by atoms with Gasteiger partial charge in [0.15, 0.2) is 11.5 Å². The Hall–Kier alpha value is -3.07. The van der Waals surface area contributed by atoms with Gasteiger partial charge in [0.1, 0.15) is 18.1 Å². The maximum Gasteiger partial charge on any atom is 0.269 e. The van der Waals surface area contributed by atoms with Crippen LogP contribution in [-0.4, -0.2) is 55.2 Å². The number of benzene rings is 2. The highest BCUT2D eigenvalue weighted by Crippen LogP contribution is 2.35. The highest BCUT2D eigenvalue weighted by Gasteiger charge is 2.43. The van der Waals surface area contributed by atoms with Crippen molar-refractivity contribution in [3.8, 4) is 11.5 Å². The summed E-state index contributed by atoms with van der Waals surface area (Å²) in [4.78, 5) is 27.2. The zero-order valence-corrected chi connectivity index (χ0v) is 18.4. The number of ether oxygens (including phenoxy) is 2. The molecule has 164 valence electrons. The molecule has 0 unspecified atom stereocenters. The number of rotatable bonds is 5. The Labute approximate surface area is 181 Å². The molecule has 0 atom stereocenters. The largest absolute Gasteiger partial charge is 0.486 e. The van der Waals surface area contributed by atoms with E-state index in [2.05, 4.69) is 0 Å². The summed E-state index contributed by atoms with van der Waals surface area (Å²) in [6.45, 7) is 6.72. The van der Waals surface area contributed by atoms with Gasteiger partial charge in [0.25, 0.3) is 21.8 Å². The molecule has 2 aliphatic rings. The van der Waals surface area contributed by atoms with Crippen molar-refractivity contribution in [3.63, 3.8) is 0 Å². The number of nitrogens with zero attached hydrogens (tertiary/aromatic N) is 2. The van der Waals surface area contributed by atoms with Gasteiger partial charge in [0, 0.05) is 30.3 Å². The molecule has 31 heavy (non-hydrogen) atoms. The number of hydrogen-bond acceptors (Lipinski definition) is 6. The minimum Gasteiger partial charge on any atom is -0.486 e. The second kappa shape index (κ2) is 7.88. The summed E-state index contributed by atoms with van der Waals surface area (Å²) in [5, 5.41) is 0. The van der Waals surface area contributed by atoms with E-state index in [1.807, 2.05) is 25.1 Å². The van der Waals surface area contributed by atoms with Gasteiger partial charge in [-0.1, -0.05) is 12.1 Å². The molecule has 2 aliphatic heterocycles. The molecule has 4 rings (SSSR count). The van der Waals surface area contributed by atoms with E-state index >= 15 is 0 Å². The lowest BCUT2D eigenvalue weighted by molar-refractivity contribution is 0.0747. The van der Waals surface area contributed by atoms with Gasteiger partial charge in [-0.15, -0.1) is 0 Å². The van der Waals surface area contributed by atoms with Crippen molar-refractivity contribution in [2.24, 2.45) is 0 Å². The standard InChI is InChI=1S/C22H24N2O6S/c1-4-23(13-16-6-5-7-18-20(16)30-11-10-29-18)21(25)15-8-9-17-19(12-15)31(27,28)24(14(2)3)22(17)26/h5-9,12,14H,4,10-11,13H2,1-3H3. The smallest absolute Gasteiger partial charge is 0.269 e. The molecular weight excluding hydrogens is 420 g/mol. The minimum absolute atomic E-state index is 0.0935. The van der Waals surface area contributed by atoms with Crippen LogP contribution in [0.1, 0.15) is 47.1 Å². The normalized spacial score (nSPS) is 16.4. The molecule has 0 saturated carbocycles. The highest BCUT2D eigenvalue weighted by atomic mass is 32.2. The zero-order valence-electron chi connectivity index (χ0n) is 17.6. The predicted molar refractivity (Wildman–Crippen MR) is 113 cm³/mol. The maximum atomic E-state index is 13.2. The third-order valence-corrected chi connectivity index (χ3v) is 7.34. The van der Waals surface area contributed by atoms with E-state index in [0.29, 0.717) is 31.3 Å². The lowest BCUT2D eigenvalue weighted by atomic mass is 10.1. The van der Waals surface area contributed by atoms with E-state index in [4.69, 9.17) is 9.47 Å². The third-order valence-electron chi connectivity index (χ3n) is 5.34. The van der Waals surface area contributed by atoms with E-state index in [9.17, 15) is 18.0 Å². The average Bonchev–Trinajstić information content (AvgIpc) is 2.96. The van der Waals surface area contributed by atoms with Gasteiger partial charge in [0.05, 0.1) is 5.56 Å². The molecule has 0 saturated heterocycles. The topological polar surface area (TPSA) is 93.2 Å². The van der Waals surface area contributed by atoms with Gasteiger partial charge < -0.3 is 14.4 Å². The third kappa shape index (κ3) is 3.52. The summed E-state index contributed by atoms with van der Waals surface area (Å²) in [6.07, 6.45) is 0. The number of hydrogen-bond donors (Lipinski definition) is 0. The lowest BCUT2D eigenvalue weighted by Crippen LogP contribution is -2.36. The summed E-state index contributed by atoms with van der Waals surface area (Å²) in [5.74, 6) is 0.368. The lowest BCUT2D eigenvalue weighted by Gasteiger charge is -2.25. The van der Waals surface area contributed by atoms with Gasteiger partial charge in [-0.05, 0) is 45.0 Å². The molecule has 2 amide bonds. The van der Waals surface area contributed by atoms with Crippen molar-refractivity contribution >= 4 is 21.8 Å². The number of amides is 2. The molecule has 9 heteroatoms. The van der Waals surface area contributed by atoms with Crippen LogP contribution in [0, 0.1) is 0 Å². The Balaban J connectivity index is 1.65. The van der Waals surface area contributed by atoms with E-state index in [1.54, 1.807) is 18.7 Å². The van der Waals surface area contributed by atoms with Crippen molar-refractivity contribution in [3.05, 3.63) is 53.1 Å². The van der Waals surface area contributed by atoms with Crippen LogP contribution in [0.5, 0.6) is 11.5 Å². The Kier molecular flexibility index (Phi) is 5.38. The Morgan fingerprint density at radius 3 is 2.61 bits per heavy atom. The maximum absolute atomic E-state index is 13.2. The van der Waals surface area contributed by atoms with E-state index in [1.165, 1.54) is 18.2 Å². The van der Waals surface area contributed by atoms with Crippen LogP contribution in [0.2, 0.25) is 0 Å². The fourth-order valence-corrected chi connectivity index (χ4v) is 5.66. The van der Waals surface area contributed by atoms with Crippen LogP contribution in [0.4, 0.5) is 0 Å². The molecular formula is C22H24N2O6S. The van der Waals surface area contributed by atoms with Gasteiger partial charge >= 0.3 is 0 Å². The number of fused-ring (bicyclic) bond motifs is 2. The van der Waals surface area contributed by atoms with E-state index in [-0.39, 0.29) is 28.5 Å². The first kappa shape index (κ1) is 21.2. The van der Waals surface area contributed by atoms with Gasteiger partial charge in [0.2, 0.25) is 0 Å². The molecule has 0 aromatic heterocycles. The molecule has 2 aromatic carbocycles. The quantitative estimate of drug-likeness (QED) is 0.704. The molecule has 8 nitrogen and oxygen atoms in total. The van der Waals surface area contributed by atoms with Gasteiger partial charge in [-0.3, -0.25) is 9.59 Å². The van der Waals surface area contributed by atoms with Crippen molar-refractivity contribution in [2.45, 2.75) is 38.3 Å². The van der Waals surface area contributed by atoms with Crippen LogP contribution in [0.3, 0.4) is 0 Å². The van der Waals surface area contributed by atoms with Crippen molar-refractivity contribution in [1.82, 2.24) is 9.21 Å². The van der Waals surface area contributed by atoms with Crippen molar-refractivity contribution in [2.75, 3.05) is 19.8 Å². The SMILES string of the molecule is CCN(Cc1cccc2c1OCCO2)C(=O)c1ccc2c(c1)S(=O)(=O)N(C(C)C)C2=O. The highest BCUT2D eigenvalue weighted by molar-refractivity contribution is 7.90. The monoisotopic (exact) mass is 444 g/mol. The average molecular weight is 445 g/mol. The summed E-state index contributed by atoms with van der Waals surface area (Å²) in [6, 6.07) is 9.24. The molecule has 0 aliphatic carbocycles.